The number of halogens is 1. The van der Waals surface area contributed by atoms with Crippen molar-refractivity contribution in [1.82, 2.24) is 15.2 Å². The van der Waals surface area contributed by atoms with Gasteiger partial charge < -0.3 is 5.32 Å². The highest BCUT2D eigenvalue weighted by Gasteiger charge is 2.14. The number of non-ortho nitro benzene ring substituents is 1. The first-order chi connectivity index (χ1) is 8.58. The van der Waals surface area contributed by atoms with Gasteiger partial charge in [-0.3, -0.25) is 20.0 Å². The molecule has 0 saturated carbocycles. The van der Waals surface area contributed by atoms with Crippen LogP contribution in [0.25, 0.3) is 0 Å². The molecular weight excluding hydrogens is 306 g/mol. The van der Waals surface area contributed by atoms with Crippen molar-refractivity contribution in [2.75, 3.05) is 5.32 Å². The fraction of sp³-hybridized carbons (Fsp3) is 0. The third-order valence-electron chi connectivity index (χ3n) is 2.04. The van der Waals surface area contributed by atoms with E-state index >= 15 is 0 Å². The van der Waals surface area contributed by atoms with E-state index in [9.17, 15) is 14.9 Å². The second-order valence-electron chi connectivity index (χ2n) is 3.21. The number of benzene rings is 1. The molecule has 0 saturated heterocycles. The molecule has 1 amide bonds. The lowest BCUT2D eigenvalue weighted by Crippen LogP contribution is -2.14. The number of H-pyrrole nitrogens is 1. The number of anilines is 1. The second-order valence-corrected chi connectivity index (χ2v) is 4.06. The Labute approximate surface area is 109 Å². The number of carbonyl (C=O) groups is 1. The topological polar surface area (TPSA) is 114 Å². The van der Waals surface area contributed by atoms with Crippen molar-refractivity contribution in [1.29, 1.82) is 0 Å². The molecule has 18 heavy (non-hydrogen) atoms. The summed E-state index contributed by atoms with van der Waals surface area (Å²) in [5, 5.41) is 19.0. The normalized spacial score (nSPS) is 10.1. The maximum atomic E-state index is 11.7. The summed E-state index contributed by atoms with van der Waals surface area (Å²) in [4.78, 5) is 25.4. The molecule has 0 fully saturated rings. The third kappa shape index (κ3) is 2.51. The average Bonchev–Trinajstić information content (AvgIpc) is 2.85. The van der Waals surface area contributed by atoms with Crippen LogP contribution in [0.3, 0.4) is 0 Å². The smallest absolute Gasteiger partial charge is 0.293 e. The Hall–Kier alpha value is -2.29. The molecule has 2 N–H and O–H groups in total. The van der Waals surface area contributed by atoms with E-state index in [4.69, 9.17) is 0 Å². The monoisotopic (exact) mass is 311 g/mol. The van der Waals surface area contributed by atoms with Crippen molar-refractivity contribution in [3.63, 3.8) is 0 Å². The van der Waals surface area contributed by atoms with Crippen LogP contribution in [0.15, 0.2) is 29.0 Å². The quantitative estimate of drug-likeness (QED) is 0.661. The molecule has 0 bridgehead atoms. The molecule has 8 nitrogen and oxygen atoms in total. The van der Waals surface area contributed by atoms with Crippen molar-refractivity contribution in [2.24, 2.45) is 0 Å². The lowest BCUT2D eigenvalue weighted by molar-refractivity contribution is -0.384. The van der Waals surface area contributed by atoms with E-state index in [1.54, 1.807) is 0 Å². The molecule has 0 spiro atoms. The van der Waals surface area contributed by atoms with E-state index in [0.717, 1.165) is 0 Å². The number of aromatic nitrogens is 3. The third-order valence-corrected chi connectivity index (χ3v) is 2.73. The number of hydrogen-bond donors (Lipinski definition) is 2. The van der Waals surface area contributed by atoms with E-state index in [-0.39, 0.29) is 17.2 Å². The Balaban J connectivity index is 2.26. The van der Waals surface area contributed by atoms with E-state index in [1.165, 1.54) is 24.5 Å². The van der Waals surface area contributed by atoms with Gasteiger partial charge in [-0.1, -0.05) is 0 Å². The van der Waals surface area contributed by atoms with E-state index < -0.39 is 10.8 Å². The Kier molecular flexibility index (Phi) is 3.33. The van der Waals surface area contributed by atoms with Crippen LogP contribution >= 0.6 is 15.9 Å². The van der Waals surface area contributed by atoms with Crippen molar-refractivity contribution >= 4 is 33.2 Å². The van der Waals surface area contributed by atoms with Gasteiger partial charge in [0.25, 0.3) is 11.6 Å². The first-order valence-corrected chi connectivity index (χ1v) is 5.48. The second kappa shape index (κ2) is 4.92. The summed E-state index contributed by atoms with van der Waals surface area (Å²) in [6, 6.07) is 4.06. The number of nitro groups is 1. The summed E-state index contributed by atoms with van der Waals surface area (Å²) < 4.78 is 0.529. The predicted molar refractivity (Wildman–Crippen MR) is 65.1 cm³/mol. The summed E-state index contributed by atoms with van der Waals surface area (Å²) >= 11 is 3.19. The number of carbonyl (C=O) groups excluding carboxylic acids is 1. The number of hydrogen-bond acceptors (Lipinski definition) is 5. The van der Waals surface area contributed by atoms with Crippen LogP contribution < -0.4 is 5.32 Å². The Morgan fingerprint density at radius 2 is 2.28 bits per heavy atom. The number of aromatic amines is 1. The maximum absolute atomic E-state index is 11.7. The number of nitrogens with zero attached hydrogens (tertiary/aromatic N) is 3. The van der Waals surface area contributed by atoms with E-state index in [2.05, 4.69) is 36.4 Å². The summed E-state index contributed by atoms with van der Waals surface area (Å²) in [6.07, 6.45) is 1.19. The van der Waals surface area contributed by atoms with Gasteiger partial charge in [0.15, 0.2) is 0 Å². The molecule has 0 unspecified atom stereocenters. The van der Waals surface area contributed by atoms with E-state index in [0.29, 0.717) is 4.47 Å². The Bertz CT molecular complexity index is 598. The van der Waals surface area contributed by atoms with Gasteiger partial charge in [-0.25, -0.2) is 4.98 Å². The minimum atomic E-state index is -0.545. The molecule has 2 rings (SSSR count). The minimum absolute atomic E-state index is 0.0217. The molecule has 0 aliphatic rings. The molecule has 0 aliphatic heterocycles. The highest BCUT2D eigenvalue weighted by molar-refractivity contribution is 9.10. The molecular formula is C9H6BrN5O3. The molecule has 92 valence electrons. The molecule has 0 radical (unpaired) electrons. The van der Waals surface area contributed by atoms with Crippen LogP contribution in [0.1, 0.15) is 10.6 Å². The fourth-order valence-electron chi connectivity index (χ4n) is 1.22. The summed E-state index contributed by atoms with van der Waals surface area (Å²) in [5.74, 6) is -0.512. The minimum Gasteiger partial charge on any atom is -0.318 e. The van der Waals surface area contributed by atoms with Crippen molar-refractivity contribution in [3.8, 4) is 0 Å². The van der Waals surface area contributed by atoms with Crippen molar-refractivity contribution < 1.29 is 9.72 Å². The first kappa shape index (κ1) is 12.2. The van der Waals surface area contributed by atoms with Crippen LogP contribution in [0.4, 0.5) is 11.4 Å². The zero-order valence-electron chi connectivity index (χ0n) is 8.75. The summed E-state index contributed by atoms with van der Waals surface area (Å²) in [6.45, 7) is 0. The highest BCUT2D eigenvalue weighted by Crippen LogP contribution is 2.27. The Morgan fingerprint density at radius 3 is 2.89 bits per heavy atom. The van der Waals surface area contributed by atoms with Crippen LogP contribution in [0.2, 0.25) is 0 Å². The van der Waals surface area contributed by atoms with Crippen molar-refractivity contribution in [3.05, 3.63) is 44.9 Å². The van der Waals surface area contributed by atoms with Crippen LogP contribution in [0, 0.1) is 10.1 Å². The fourth-order valence-corrected chi connectivity index (χ4v) is 1.56. The van der Waals surface area contributed by atoms with Gasteiger partial charge >= 0.3 is 0 Å². The van der Waals surface area contributed by atoms with Crippen molar-refractivity contribution in [2.45, 2.75) is 0 Å². The van der Waals surface area contributed by atoms with E-state index in [1.807, 2.05) is 0 Å². The molecule has 9 heteroatoms. The molecule has 0 aliphatic carbocycles. The van der Waals surface area contributed by atoms with Gasteiger partial charge in [-0.2, -0.15) is 5.10 Å². The SMILES string of the molecule is O=C(Nc1cc([N+](=O)[O-])ccc1Br)c1ncn[nH]1. The maximum Gasteiger partial charge on any atom is 0.293 e. The van der Waals surface area contributed by atoms with Crippen LogP contribution in [0.5, 0.6) is 0 Å². The Morgan fingerprint density at radius 1 is 1.50 bits per heavy atom. The highest BCUT2D eigenvalue weighted by atomic mass is 79.9. The number of rotatable bonds is 3. The molecule has 2 aromatic rings. The lowest BCUT2D eigenvalue weighted by atomic mass is 10.3. The lowest BCUT2D eigenvalue weighted by Gasteiger charge is -2.05. The number of amides is 1. The molecule has 0 atom stereocenters. The first-order valence-electron chi connectivity index (χ1n) is 4.68. The number of nitrogens with one attached hydrogen (secondary N) is 2. The molecule has 1 aromatic carbocycles. The summed E-state index contributed by atoms with van der Waals surface area (Å²) in [7, 11) is 0. The van der Waals surface area contributed by atoms with Crippen LogP contribution in [-0.4, -0.2) is 26.0 Å². The molecule has 1 aromatic heterocycles. The summed E-state index contributed by atoms with van der Waals surface area (Å²) in [5.41, 5.74) is 0.164. The molecule has 1 heterocycles. The van der Waals surface area contributed by atoms with Gasteiger partial charge in [0, 0.05) is 16.6 Å². The van der Waals surface area contributed by atoms with Gasteiger partial charge in [-0.15, -0.1) is 0 Å². The van der Waals surface area contributed by atoms with Crippen LogP contribution in [-0.2, 0) is 0 Å². The predicted octanol–water partition coefficient (Wildman–Crippen LogP) is 1.73. The largest absolute Gasteiger partial charge is 0.318 e. The zero-order valence-corrected chi connectivity index (χ0v) is 10.3. The average molecular weight is 312 g/mol. The van der Waals surface area contributed by atoms with Gasteiger partial charge in [0.1, 0.15) is 6.33 Å². The van der Waals surface area contributed by atoms with Gasteiger partial charge in [0.05, 0.1) is 10.6 Å². The van der Waals surface area contributed by atoms with Gasteiger partial charge in [0.2, 0.25) is 5.82 Å². The zero-order chi connectivity index (χ0) is 13.1. The van der Waals surface area contributed by atoms with Gasteiger partial charge in [-0.05, 0) is 22.0 Å². The standard InChI is InChI=1S/C9H6BrN5O3/c10-6-2-1-5(15(17)18)3-7(6)13-9(16)8-11-4-12-14-8/h1-4H,(H,13,16)(H,11,12,14). The number of nitro benzene ring substituents is 1.